The van der Waals surface area contributed by atoms with Gasteiger partial charge in [-0.05, 0) is 30.7 Å². The molecule has 28 heavy (non-hydrogen) atoms. The molecule has 0 bridgehead atoms. The quantitative estimate of drug-likeness (QED) is 0.564. The lowest BCUT2D eigenvalue weighted by Crippen LogP contribution is -2.35. The van der Waals surface area contributed by atoms with Crippen molar-refractivity contribution in [1.82, 2.24) is 5.32 Å². The summed E-state index contributed by atoms with van der Waals surface area (Å²) in [5.74, 6) is -4.22. The molecule has 0 aliphatic carbocycles. The van der Waals surface area contributed by atoms with Crippen LogP contribution >= 0.6 is 0 Å². The van der Waals surface area contributed by atoms with Gasteiger partial charge in [0.2, 0.25) is 5.91 Å². The van der Waals surface area contributed by atoms with Crippen molar-refractivity contribution < 1.29 is 27.9 Å². The van der Waals surface area contributed by atoms with Crippen molar-refractivity contribution in [1.29, 1.82) is 0 Å². The Morgan fingerprint density at radius 3 is 2.32 bits per heavy atom. The fraction of sp³-hybridized carbons (Fsp3) is 0.150. The van der Waals surface area contributed by atoms with Crippen LogP contribution in [0.1, 0.15) is 12.5 Å². The van der Waals surface area contributed by atoms with Gasteiger partial charge in [0, 0.05) is 6.08 Å². The molecule has 0 aromatic heterocycles. The lowest BCUT2D eigenvalue weighted by molar-refractivity contribution is -0.152. The van der Waals surface area contributed by atoms with Crippen LogP contribution in [0.15, 0.2) is 54.6 Å². The first kappa shape index (κ1) is 20.8. The van der Waals surface area contributed by atoms with Crippen LogP contribution in [-0.4, -0.2) is 30.4 Å². The average Bonchev–Trinajstić information content (AvgIpc) is 2.68. The summed E-state index contributed by atoms with van der Waals surface area (Å²) >= 11 is 0. The standard InChI is InChI=1S/C20H18F2N2O4/c1-13(20(27)24-19-15(21)8-5-9-16(19)22)28-18(26)12-23-17(25)11-10-14-6-3-2-4-7-14/h2-11,13H,12H2,1H3,(H,23,25)(H,24,27)/b11-10+/t13-/m1/s1. The van der Waals surface area contributed by atoms with E-state index >= 15 is 0 Å². The predicted molar refractivity (Wildman–Crippen MR) is 99.0 cm³/mol. The first-order chi connectivity index (χ1) is 13.4. The highest BCUT2D eigenvalue weighted by molar-refractivity contribution is 5.96. The number of hydrogen-bond donors (Lipinski definition) is 2. The normalized spacial score (nSPS) is 11.7. The van der Waals surface area contributed by atoms with E-state index in [-0.39, 0.29) is 0 Å². The molecule has 0 saturated heterocycles. The van der Waals surface area contributed by atoms with Gasteiger partial charge in [0.05, 0.1) is 0 Å². The molecule has 0 aliphatic rings. The van der Waals surface area contributed by atoms with E-state index in [1.165, 1.54) is 13.0 Å². The molecule has 0 fully saturated rings. The van der Waals surface area contributed by atoms with Gasteiger partial charge in [-0.1, -0.05) is 36.4 Å². The number of esters is 1. The third kappa shape index (κ3) is 6.31. The van der Waals surface area contributed by atoms with Crippen molar-refractivity contribution in [3.05, 3.63) is 71.8 Å². The maximum atomic E-state index is 13.5. The minimum absolute atomic E-state index is 0.469. The molecule has 2 amide bonds. The predicted octanol–water partition coefficient (Wildman–Crippen LogP) is 2.66. The van der Waals surface area contributed by atoms with Gasteiger partial charge < -0.3 is 15.4 Å². The number of para-hydroxylation sites is 1. The zero-order chi connectivity index (χ0) is 20.5. The van der Waals surface area contributed by atoms with Crippen molar-refractivity contribution in [2.45, 2.75) is 13.0 Å². The van der Waals surface area contributed by atoms with Crippen LogP contribution in [0.25, 0.3) is 6.08 Å². The summed E-state index contributed by atoms with van der Waals surface area (Å²) in [6.07, 6.45) is 1.50. The molecular formula is C20H18F2N2O4. The van der Waals surface area contributed by atoms with Crippen LogP contribution < -0.4 is 10.6 Å². The van der Waals surface area contributed by atoms with Gasteiger partial charge in [-0.25, -0.2) is 8.78 Å². The second-order valence-electron chi connectivity index (χ2n) is 5.68. The van der Waals surface area contributed by atoms with Crippen LogP contribution in [0.2, 0.25) is 0 Å². The molecule has 0 heterocycles. The zero-order valence-corrected chi connectivity index (χ0v) is 14.9. The summed E-state index contributed by atoms with van der Waals surface area (Å²) in [4.78, 5) is 35.4. The summed E-state index contributed by atoms with van der Waals surface area (Å²) in [5.41, 5.74) is 0.181. The molecule has 0 aliphatic heterocycles. The highest BCUT2D eigenvalue weighted by atomic mass is 19.1. The van der Waals surface area contributed by atoms with Gasteiger partial charge in [-0.2, -0.15) is 0 Å². The minimum Gasteiger partial charge on any atom is -0.451 e. The van der Waals surface area contributed by atoms with Crippen molar-refractivity contribution in [3.8, 4) is 0 Å². The Morgan fingerprint density at radius 2 is 1.68 bits per heavy atom. The summed E-state index contributed by atoms with van der Waals surface area (Å²) < 4.78 is 31.9. The molecule has 6 nitrogen and oxygen atoms in total. The Morgan fingerprint density at radius 1 is 1.04 bits per heavy atom. The van der Waals surface area contributed by atoms with Crippen LogP contribution in [0, 0.1) is 11.6 Å². The lowest BCUT2D eigenvalue weighted by atomic mass is 10.2. The number of anilines is 1. The van der Waals surface area contributed by atoms with Crippen molar-refractivity contribution in [3.63, 3.8) is 0 Å². The van der Waals surface area contributed by atoms with Crippen molar-refractivity contribution in [2.75, 3.05) is 11.9 Å². The molecule has 2 rings (SSSR count). The van der Waals surface area contributed by atoms with Gasteiger partial charge in [0.25, 0.3) is 5.91 Å². The van der Waals surface area contributed by atoms with Gasteiger partial charge in [-0.15, -0.1) is 0 Å². The minimum atomic E-state index is -1.32. The molecule has 2 aromatic carbocycles. The number of benzene rings is 2. The molecule has 2 aromatic rings. The smallest absolute Gasteiger partial charge is 0.326 e. The maximum absolute atomic E-state index is 13.5. The molecule has 1 atom stereocenters. The Kier molecular flexibility index (Phi) is 7.38. The number of ether oxygens (including phenoxy) is 1. The summed E-state index contributed by atoms with van der Waals surface area (Å²) in [5, 5.41) is 4.34. The third-order valence-corrected chi connectivity index (χ3v) is 3.52. The van der Waals surface area contributed by atoms with E-state index in [1.54, 1.807) is 18.2 Å². The first-order valence-corrected chi connectivity index (χ1v) is 8.32. The summed E-state index contributed by atoms with van der Waals surface area (Å²) in [6.45, 7) is 0.771. The lowest BCUT2D eigenvalue weighted by Gasteiger charge is -2.14. The molecule has 0 spiro atoms. The van der Waals surface area contributed by atoms with E-state index in [2.05, 4.69) is 5.32 Å². The highest BCUT2D eigenvalue weighted by Crippen LogP contribution is 2.18. The number of carbonyl (C=O) groups excluding carboxylic acids is 3. The molecule has 8 heteroatoms. The van der Waals surface area contributed by atoms with Crippen LogP contribution in [-0.2, 0) is 19.1 Å². The third-order valence-electron chi connectivity index (χ3n) is 3.52. The zero-order valence-electron chi connectivity index (χ0n) is 14.9. The van der Waals surface area contributed by atoms with Crippen LogP contribution in [0.5, 0.6) is 0 Å². The first-order valence-electron chi connectivity index (χ1n) is 8.32. The van der Waals surface area contributed by atoms with E-state index in [0.717, 1.165) is 23.8 Å². The van der Waals surface area contributed by atoms with E-state index < -0.39 is 47.8 Å². The Labute approximate surface area is 160 Å². The van der Waals surface area contributed by atoms with Gasteiger partial charge in [0.1, 0.15) is 23.9 Å². The summed E-state index contributed by atoms with van der Waals surface area (Å²) in [6, 6.07) is 12.2. The number of hydrogen-bond acceptors (Lipinski definition) is 4. The Hall–Kier alpha value is -3.55. The molecular weight excluding hydrogens is 370 g/mol. The molecule has 2 N–H and O–H groups in total. The number of carbonyl (C=O) groups is 3. The molecule has 0 unspecified atom stereocenters. The van der Waals surface area contributed by atoms with Crippen LogP contribution in [0.4, 0.5) is 14.5 Å². The summed E-state index contributed by atoms with van der Waals surface area (Å²) in [7, 11) is 0. The average molecular weight is 388 g/mol. The number of amides is 2. The second kappa shape index (κ2) is 9.96. The fourth-order valence-corrected chi connectivity index (χ4v) is 2.09. The van der Waals surface area contributed by atoms with E-state index in [1.807, 2.05) is 23.5 Å². The number of nitrogens with one attached hydrogen (secondary N) is 2. The molecule has 0 radical (unpaired) electrons. The Balaban J connectivity index is 1.79. The maximum Gasteiger partial charge on any atom is 0.326 e. The topological polar surface area (TPSA) is 84.5 Å². The number of halogens is 2. The number of rotatable bonds is 7. The molecule has 0 saturated carbocycles. The van der Waals surface area contributed by atoms with Gasteiger partial charge in [-0.3, -0.25) is 14.4 Å². The second-order valence-corrected chi connectivity index (χ2v) is 5.68. The monoisotopic (exact) mass is 388 g/mol. The van der Waals surface area contributed by atoms with Crippen molar-refractivity contribution in [2.24, 2.45) is 0 Å². The largest absolute Gasteiger partial charge is 0.451 e. The fourth-order valence-electron chi connectivity index (χ4n) is 2.09. The Bertz CT molecular complexity index is 865. The van der Waals surface area contributed by atoms with E-state index in [0.29, 0.717) is 0 Å². The van der Waals surface area contributed by atoms with E-state index in [4.69, 9.17) is 4.74 Å². The van der Waals surface area contributed by atoms with E-state index in [9.17, 15) is 23.2 Å². The highest BCUT2D eigenvalue weighted by Gasteiger charge is 2.20. The molecule has 146 valence electrons. The van der Waals surface area contributed by atoms with Gasteiger partial charge >= 0.3 is 5.97 Å². The van der Waals surface area contributed by atoms with Crippen LogP contribution in [0.3, 0.4) is 0 Å². The van der Waals surface area contributed by atoms with Gasteiger partial charge in [0.15, 0.2) is 6.10 Å². The SMILES string of the molecule is C[C@@H](OC(=O)CNC(=O)/C=C/c1ccccc1)C(=O)Nc1c(F)cccc1F. The van der Waals surface area contributed by atoms with Crippen molar-refractivity contribution >= 4 is 29.5 Å².